The number of nitroso groups, excluding NO2 is 1. The van der Waals surface area contributed by atoms with Gasteiger partial charge in [0.15, 0.2) is 12.9 Å². The number of unbranched alkanes of at least 4 members (excludes halogenated alkanes) is 1. The first-order chi connectivity index (χ1) is 15.8. The summed E-state index contributed by atoms with van der Waals surface area (Å²) in [6, 6.07) is 13.0. The molecule has 0 radical (unpaired) electrons. The molecule has 2 heterocycles. The molecule has 0 saturated heterocycles. The molecule has 4 aromatic rings. The zero-order chi connectivity index (χ0) is 23.5. The zero-order valence-corrected chi connectivity index (χ0v) is 19.4. The third-order valence-electron chi connectivity index (χ3n) is 5.74. The van der Waals surface area contributed by atoms with Crippen molar-refractivity contribution in [3.05, 3.63) is 64.3 Å². The van der Waals surface area contributed by atoms with E-state index in [1.807, 2.05) is 24.3 Å². The molecule has 2 N–H and O–H groups in total. The quantitative estimate of drug-likeness (QED) is 0.301. The third-order valence-corrected chi connectivity index (χ3v) is 5.98. The average molecular weight is 466 g/mol. The van der Waals surface area contributed by atoms with Crippen molar-refractivity contribution in [2.75, 3.05) is 19.3 Å². The van der Waals surface area contributed by atoms with E-state index in [0.29, 0.717) is 35.1 Å². The number of nitrogens with zero attached hydrogens (tertiary/aromatic N) is 5. The van der Waals surface area contributed by atoms with Gasteiger partial charge in [0.25, 0.3) is 5.69 Å². The number of rotatable bonds is 8. The van der Waals surface area contributed by atoms with Crippen LogP contribution >= 0.6 is 11.6 Å². The predicted octanol–water partition coefficient (Wildman–Crippen LogP) is 4.69. The topological polar surface area (TPSA) is 97.1 Å². The summed E-state index contributed by atoms with van der Waals surface area (Å²) >= 11 is 6.12. The highest BCUT2D eigenvalue weighted by molar-refractivity contribution is 6.30. The molecule has 8 nitrogen and oxygen atoms in total. The molecule has 0 spiro atoms. The Bertz CT molecular complexity index is 1350. The van der Waals surface area contributed by atoms with Crippen LogP contribution in [0.3, 0.4) is 0 Å². The number of imidazole rings is 1. The summed E-state index contributed by atoms with van der Waals surface area (Å²) in [4.78, 5) is 34.8. The number of nitrogen functional groups attached to an aromatic ring is 1. The van der Waals surface area contributed by atoms with Crippen LogP contribution in [-0.2, 0) is 17.9 Å². The average Bonchev–Trinajstić information content (AvgIpc) is 3.20. The first-order valence-corrected chi connectivity index (χ1v) is 11.2. The van der Waals surface area contributed by atoms with Crippen LogP contribution in [0.15, 0.2) is 48.8 Å². The second-order valence-electron chi connectivity index (χ2n) is 8.07. The molecule has 33 heavy (non-hydrogen) atoms. The monoisotopic (exact) mass is 465 g/mol. The summed E-state index contributed by atoms with van der Waals surface area (Å²) in [5, 5.41) is 1.55. The normalized spacial score (nSPS) is 11.2. The molecular formula is C24H26ClN6O2+. The van der Waals surface area contributed by atoms with Crippen molar-refractivity contribution < 1.29 is 9.55 Å². The minimum atomic E-state index is -0.0487. The molecule has 2 aromatic heterocycles. The molecule has 170 valence electrons. The van der Waals surface area contributed by atoms with Crippen LogP contribution in [0.25, 0.3) is 21.9 Å². The van der Waals surface area contributed by atoms with E-state index in [4.69, 9.17) is 17.3 Å². The highest BCUT2D eigenvalue weighted by Crippen LogP contribution is 2.27. The lowest BCUT2D eigenvalue weighted by molar-refractivity contribution is -0.429. The molecule has 2 aromatic carbocycles. The number of pyridine rings is 1. The highest BCUT2D eigenvalue weighted by atomic mass is 35.5. The Morgan fingerprint density at radius 2 is 2.00 bits per heavy atom. The Hall–Kier alpha value is -3.52. The van der Waals surface area contributed by atoms with Crippen LogP contribution < -0.4 is 5.73 Å². The first-order valence-electron chi connectivity index (χ1n) is 10.8. The van der Waals surface area contributed by atoms with Gasteiger partial charge >= 0.3 is 0 Å². The van der Waals surface area contributed by atoms with Gasteiger partial charge in [-0.3, -0.25) is 4.79 Å². The second-order valence-corrected chi connectivity index (χ2v) is 8.50. The SMILES string of the molecule is CC(=O)N(CCCCn1cnc2c(N)nc3ccccc3c21)Cc1cc(Cl)ccc1[N+](C)=O. The third kappa shape index (κ3) is 4.80. The molecule has 0 unspecified atom stereocenters. The van der Waals surface area contributed by atoms with Crippen LogP contribution in [0.4, 0.5) is 11.5 Å². The van der Waals surface area contributed by atoms with Crippen molar-refractivity contribution in [2.45, 2.75) is 32.9 Å². The predicted molar refractivity (Wildman–Crippen MR) is 130 cm³/mol. The van der Waals surface area contributed by atoms with Crippen LogP contribution in [0.2, 0.25) is 5.02 Å². The number of carbonyl (C=O) groups is 1. The molecule has 1 amide bonds. The molecule has 0 aliphatic heterocycles. The van der Waals surface area contributed by atoms with Gasteiger partial charge in [0.2, 0.25) is 5.91 Å². The van der Waals surface area contributed by atoms with Crippen molar-refractivity contribution in [3.63, 3.8) is 0 Å². The fourth-order valence-electron chi connectivity index (χ4n) is 4.10. The number of anilines is 1. The number of halogens is 1. The minimum Gasteiger partial charge on any atom is -0.382 e. The van der Waals surface area contributed by atoms with Crippen molar-refractivity contribution in [3.8, 4) is 0 Å². The Balaban J connectivity index is 1.46. The maximum Gasteiger partial charge on any atom is 0.260 e. The molecule has 0 bridgehead atoms. The van der Waals surface area contributed by atoms with E-state index in [-0.39, 0.29) is 5.91 Å². The zero-order valence-electron chi connectivity index (χ0n) is 18.7. The fourth-order valence-corrected chi connectivity index (χ4v) is 4.30. The van der Waals surface area contributed by atoms with E-state index in [0.717, 1.165) is 46.1 Å². The van der Waals surface area contributed by atoms with Crippen LogP contribution in [0.5, 0.6) is 0 Å². The molecule has 0 atom stereocenters. The Morgan fingerprint density at radius 1 is 1.21 bits per heavy atom. The van der Waals surface area contributed by atoms with Crippen molar-refractivity contribution in [1.82, 2.24) is 19.4 Å². The number of nitrogens with two attached hydrogens (primary N) is 1. The number of hydrogen-bond acceptors (Lipinski definition) is 5. The van der Waals surface area contributed by atoms with Crippen LogP contribution in [0, 0.1) is 4.91 Å². The van der Waals surface area contributed by atoms with E-state index in [1.54, 1.807) is 29.4 Å². The lowest BCUT2D eigenvalue weighted by Crippen LogP contribution is -2.29. The van der Waals surface area contributed by atoms with Gasteiger partial charge in [-0.25, -0.2) is 9.97 Å². The molecule has 9 heteroatoms. The van der Waals surface area contributed by atoms with Crippen molar-refractivity contribution in [2.24, 2.45) is 0 Å². The Kier molecular flexibility index (Phi) is 6.55. The van der Waals surface area contributed by atoms with E-state index in [9.17, 15) is 9.70 Å². The Labute approximate surface area is 196 Å². The first kappa shape index (κ1) is 22.7. The van der Waals surface area contributed by atoms with Gasteiger partial charge in [-0.2, -0.15) is 0 Å². The number of para-hydroxylation sites is 1. The number of fused-ring (bicyclic) bond motifs is 3. The molecule has 0 aliphatic carbocycles. The van der Waals surface area contributed by atoms with E-state index in [2.05, 4.69) is 14.5 Å². The number of aryl methyl sites for hydroxylation is 1. The summed E-state index contributed by atoms with van der Waals surface area (Å²) in [7, 11) is 1.44. The van der Waals surface area contributed by atoms with Crippen molar-refractivity contribution in [1.29, 1.82) is 0 Å². The maximum atomic E-state index is 12.3. The number of carbonyl (C=O) groups excluding carboxylic acids is 1. The minimum absolute atomic E-state index is 0.0487. The number of benzene rings is 2. The van der Waals surface area contributed by atoms with Gasteiger partial charge in [-0.05, 0) is 31.0 Å². The van der Waals surface area contributed by atoms with Gasteiger partial charge in [0.05, 0.1) is 23.9 Å². The van der Waals surface area contributed by atoms with Gasteiger partial charge < -0.3 is 15.2 Å². The molecular weight excluding hydrogens is 440 g/mol. The summed E-state index contributed by atoms with van der Waals surface area (Å²) in [5.41, 5.74) is 9.87. The fraction of sp³-hybridized carbons (Fsp3) is 0.292. The smallest absolute Gasteiger partial charge is 0.260 e. The molecule has 0 aliphatic rings. The summed E-state index contributed by atoms with van der Waals surface area (Å²) in [5.74, 6) is 0.373. The summed E-state index contributed by atoms with van der Waals surface area (Å²) in [6.07, 6.45) is 3.43. The summed E-state index contributed by atoms with van der Waals surface area (Å²) in [6.45, 7) is 3.18. The van der Waals surface area contributed by atoms with Gasteiger partial charge in [0, 0.05) is 51.7 Å². The molecule has 0 fully saturated rings. The largest absolute Gasteiger partial charge is 0.382 e. The number of amides is 1. The summed E-state index contributed by atoms with van der Waals surface area (Å²) < 4.78 is 2.88. The van der Waals surface area contributed by atoms with Gasteiger partial charge in [-0.1, -0.05) is 29.8 Å². The van der Waals surface area contributed by atoms with E-state index >= 15 is 0 Å². The van der Waals surface area contributed by atoms with Gasteiger partial charge in [0.1, 0.15) is 5.52 Å². The highest BCUT2D eigenvalue weighted by Gasteiger charge is 2.19. The van der Waals surface area contributed by atoms with E-state index < -0.39 is 0 Å². The van der Waals surface area contributed by atoms with Gasteiger partial charge in [-0.15, -0.1) is 0 Å². The van der Waals surface area contributed by atoms with Crippen LogP contribution in [0.1, 0.15) is 25.3 Å². The van der Waals surface area contributed by atoms with Crippen LogP contribution in [-0.4, -0.2) is 43.7 Å². The van der Waals surface area contributed by atoms with Crippen molar-refractivity contribution >= 4 is 50.9 Å². The second kappa shape index (κ2) is 9.54. The van der Waals surface area contributed by atoms with E-state index in [1.165, 1.54) is 14.0 Å². The Morgan fingerprint density at radius 3 is 2.76 bits per heavy atom. The standard InChI is InChI=1S/C24H26ClN6O2/c1-16(32)30(14-17-13-18(25)9-10-21(17)29(2)33)11-5-6-12-31-15-27-22-23(31)19-7-3-4-8-20(19)28-24(22)26/h3-4,7-10,13,15H,5-6,11-12,14H2,1-2H3,(H2,26,28)/q+1. The number of hydrogen-bond donors (Lipinski definition) is 1. The maximum absolute atomic E-state index is 12.3. The number of aromatic nitrogens is 3. The molecule has 0 saturated carbocycles. The lowest BCUT2D eigenvalue weighted by Gasteiger charge is -2.21. The lowest BCUT2D eigenvalue weighted by atomic mass is 10.1. The molecule has 4 rings (SSSR count).